The minimum Gasteiger partial charge on any atom is -0.490 e. The van der Waals surface area contributed by atoms with Gasteiger partial charge in [-0.1, -0.05) is 38.0 Å². The highest BCUT2D eigenvalue weighted by molar-refractivity contribution is 14.0. The van der Waals surface area contributed by atoms with E-state index in [4.69, 9.17) is 9.47 Å². The summed E-state index contributed by atoms with van der Waals surface area (Å²) in [6.45, 7) is 3.31. The SMILES string of the molecule is CCCOc1ccccc1Oc1ncccc1CNC(=NC)NC1CCCC1.I. The Labute approximate surface area is 190 Å². The molecule has 0 bridgehead atoms. The molecule has 0 saturated heterocycles. The maximum absolute atomic E-state index is 6.10. The molecule has 2 N–H and O–H groups in total. The van der Waals surface area contributed by atoms with Gasteiger partial charge in [0.25, 0.3) is 0 Å². The van der Waals surface area contributed by atoms with E-state index >= 15 is 0 Å². The maximum Gasteiger partial charge on any atom is 0.224 e. The third kappa shape index (κ3) is 7.06. The van der Waals surface area contributed by atoms with Crippen molar-refractivity contribution < 1.29 is 9.47 Å². The number of guanidine groups is 1. The molecular weight excluding hydrogens is 479 g/mol. The van der Waals surface area contributed by atoms with E-state index in [1.165, 1.54) is 25.7 Å². The van der Waals surface area contributed by atoms with Gasteiger partial charge in [-0.05, 0) is 37.5 Å². The summed E-state index contributed by atoms with van der Waals surface area (Å²) in [6, 6.07) is 12.1. The molecule has 0 amide bonds. The standard InChI is InChI=1S/C22H30N4O2.HI/c1-3-15-27-19-12-6-7-13-20(19)28-21-17(9-8-14-24-21)16-25-22(23-2)26-18-10-4-5-11-18;/h6-9,12-14,18H,3-5,10-11,15-16H2,1-2H3,(H2,23,25,26);1H. The summed E-state index contributed by atoms with van der Waals surface area (Å²) in [6.07, 6.45) is 7.66. The van der Waals surface area contributed by atoms with Crippen LogP contribution < -0.4 is 20.1 Å². The van der Waals surface area contributed by atoms with Gasteiger partial charge in [0.05, 0.1) is 6.61 Å². The molecule has 1 aromatic carbocycles. The second-order valence-electron chi connectivity index (χ2n) is 6.92. The zero-order valence-electron chi connectivity index (χ0n) is 17.2. The fourth-order valence-electron chi connectivity index (χ4n) is 3.26. The smallest absolute Gasteiger partial charge is 0.224 e. The van der Waals surface area contributed by atoms with E-state index in [-0.39, 0.29) is 24.0 Å². The van der Waals surface area contributed by atoms with Crippen LogP contribution in [0.2, 0.25) is 0 Å². The van der Waals surface area contributed by atoms with Crippen LogP contribution in [0, 0.1) is 0 Å². The van der Waals surface area contributed by atoms with Crippen molar-refractivity contribution in [2.24, 2.45) is 4.99 Å². The van der Waals surface area contributed by atoms with Crippen LogP contribution in [0.3, 0.4) is 0 Å². The van der Waals surface area contributed by atoms with Crippen LogP contribution in [0.25, 0.3) is 0 Å². The molecule has 1 aliphatic rings. The van der Waals surface area contributed by atoms with Crippen molar-refractivity contribution in [3.8, 4) is 17.4 Å². The molecule has 7 heteroatoms. The number of para-hydroxylation sites is 2. The molecule has 1 fully saturated rings. The van der Waals surface area contributed by atoms with Gasteiger partial charge in [0, 0.05) is 31.4 Å². The zero-order valence-corrected chi connectivity index (χ0v) is 19.5. The summed E-state index contributed by atoms with van der Waals surface area (Å²) in [5.41, 5.74) is 0.960. The molecule has 29 heavy (non-hydrogen) atoms. The lowest BCUT2D eigenvalue weighted by molar-refractivity contribution is 0.300. The van der Waals surface area contributed by atoms with Crippen molar-refractivity contribution in [1.82, 2.24) is 15.6 Å². The fourth-order valence-corrected chi connectivity index (χ4v) is 3.26. The highest BCUT2D eigenvalue weighted by Crippen LogP contribution is 2.31. The summed E-state index contributed by atoms with van der Waals surface area (Å²) in [7, 11) is 1.80. The van der Waals surface area contributed by atoms with Crippen molar-refractivity contribution in [2.75, 3.05) is 13.7 Å². The van der Waals surface area contributed by atoms with E-state index in [9.17, 15) is 0 Å². The van der Waals surface area contributed by atoms with Crippen LogP contribution in [0.1, 0.15) is 44.6 Å². The topological polar surface area (TPSA) is 67.8 Å². The molecule has 1 heterocycles. The quantitative estimate of drug-likeness (QED) is 0.301. The number of rotatable bonds is 8. The summed E-state index contributed by atoms with van der Waals surface area (Å²) in [5, 5.41) is 6.87. The Balaban J connectivity index is 0.00000300. The first-order valence-corrected chi connectivity index (χ1v) is 10.1. The van der Waals surface area contributed by atoms with Gasteiger partial charge in [0.1, 0.15) is 0 Å². The highest BCUT2D eigenvalue weighted by atomic mass is 127. The highest BCUT2D eigenvalue weighted by Gasteiger charge is 2.16. The lowest BCUT2D eigenvalue weighted by Crippen LogP contribution is -2.42. The minimum atomic E-state index is 0. The number of pyridine rings is 1. The van der Waals surface area contributed by atoms with Gasteiger partial charge in [-0.2, -0.15) is 0 Å². The molecule has 1 aliphatic carbocycles. The molecule has 0 radical (unpaired) electrons. The van der Waals surface area contributed by atoms with Gasteiger partial charge in [-0.3, -0.25) is 4.99 Å². The van der Waals surface area contributed by atoms with Crippen LogP contribution in [-0.2, 0) is 6.54 Å². The summed E-state index contributed by atoms with van der Waals surface area (Å²) < 4.78 is 11.9. The lowest BCUT2D eigenvalue weighted by Gasteiger charge is -2.18. The van der Waals surface area contributed by atoms with Gasteiger partial charge in [-0.25, -0.2) is 4.98 Å². The molecule has 0 spiro atoms. The molecule has 6 nitrogen and oxygen atoms in total. The van der Waals surface area contributed by atoms with E-state index in [1.54, 1.807) is 13.2 Å². The molecule has 1 saturated carbocycles. The van der Waals surface area contributed by atoms with Gasteiger partial charge in [0.15, 0.2) is 17.5 Å². The minimum absolute atomic E-state index is 0. The molecule has 3 rings (SSSR count). The van der Waals surface area contributed by atoms with E-state index in [1.807, 2.05) is 36.4 Å². The Morgan fingerprint density at radius 2 is 1.90 bits per heavy atom. The first kappa shape index (κ1) is 23.3. The second kappa shape index (κ2) is 12.5. The van der Waals surface area contributed by atoms with Gasteiger partial charge >= 0.3 is 0 Å². The van der Waals surface area contributed by atoms with Gasteiger partial charge in [0.2, 0.25) is 5.88 Å². The largest absolute Gasteiger partial charge is 0.490 e. The third-order valence-corrected chi connectivity index (χ3v) is 4.73. The monoisotopic (exact) mass is 510 g/mol. The number of aliphatic imine (C=N–C) groups is 1. The van der Waals surface area contributed by atoms with E-state index in [0.717, 1.165) is 23.7 Å². The fraction of sp³-hybridized carbons (Fsp3) is 0.455. The average Bonchev–Trinajstić information content (AvgIpc) is 3.24. The normalized spacial score (nSPS) is 14.2. The molecule has 0 atom stereocenters. The molecule has 1 aromatic heterocycles. The van der Waals surface area contributed by atoms with E-state index < -0.39 is 0 Å². The number of aromatic nitrogens is 1. The molecule has 0 aliphatic heterocycles. The Morgan fingerprint density at radius 3 is 2.62 bits per heavy atom. The molecule has 158 valence electrons. The zero-order chi connectivity index (χ0) is 19.6. The van der Waals surface area contributed by atoms with Gasteiger partial charge < -0.3 is 20.1 Å². The second-order valence-corrected chi connectivity index (χ2v) is 6.92. The number of benzene rings is 1. The Kier molecular flexibility index (Phi) is 10.0. The number of hydrogen-bond donors (Lipinski definition) is 2. The van der Waals surface area contributed by atoms with Crippen LogP contribution >= 0.6 is 24.0 Å². The number of ether oxygens (including phenoxy) is 2. The number of halogens is 1. The maximum atomic E-state index is 6.10. The third-order valence-electron chi connectivity index (χ3n) is 4.73. The van der Waals surface area contributed by atoms with Crippen molar-refractivity contribution in [3.63, 3.8) is 0 Å². The predicted molar refractivity (Wildman–Crippen MR) is 128 cm³/mol. The van der Waals surface area contributed by atoms with Crippen molar-refractivity contribution in [1.29, 1.82) is 0 Å². The molecule has 2 aromatic rings. The van der Waals surface area contributed by atoms with Crippen LogP contribution in [0.4, 0.5) is 0 Å². The van der Waals surface area contributed by atoms with Crippen molar-refractivity contribution in [3.05, 3.63) is 48.2 Å². The van der Waals surface area contributed by atoms with Gasteiger partial charge in [-0.15, -0.1) is 24.0 Å². The molecular formula is C22H31IN4O2. The molecule has 0 unspecified atom stereocenters. The number of nitrogens with one attached hydrogen (secondary N) is 2. The average molecular weight is 510 g/mol. The Morgan fingerprint density at radius 1 is 1.14 bits per heavy atom. The summed E-state index contributed by atoms with van der Waals surface area (Å²) in [4.78, 5) is 8.77. The van der Waals surface area contributed by atoms with Crippen LogP contribution in [-0.4, -0.2) is 30.6 Å². The first-order valence-electron chi connectivity index (χ1n) is 10.1. The number of hydrogen-bond acceptors (Lipinski definition) is 4. The summed E-state index contributed by atoms with van der Waals surface area (Å²) in [5.74, 6) is 2.78. The van der Waals surface area contributed by atoms with Crippen LogP contribution in [0.15, 0.2) is 47.6 Å². The predicted octanol–water partition coefficient (Wildman–Crippen LogP) is 4.89. The summed E-state index contributed by atoms with van der Waals surface area (Å²) >= 11 is 0. The lowest BCUT2D eigenvalue weighted by atomic mass is 10.2. The Hall–Kier alpha value is -2.03. The van der Waals surface area contributed by atoms with E-state index in [2.05, 4.69) is 27.5 Å². The van der Waals surface area contributed by atoms with Crippen molar-refractivity contribution in [2.45, 2.75) is 51.6 Å². The first-order chi connectivity index (χ1) is 13.8. The van der Waals surface area contributed by atoms with E-state index in [0.29, 0.717) is 30.8 Å². The Bertz CT molecular complexity index is 779. The number of nitrogens with zero attached hydrogens (tertiary/aromatic N) is 2. The van der Waals surface area contributed by atoms with Crippen LogP contribution in [0.5, 0.6) is 17.4 Å². The van der Waals surface area contributed by atoms with Crippen molar-refractivity contribution >= 4 is 29.9 Å².